The Balaban J connectivity index is 1.75. The molecular formula is C25H27N3O5. The molecule has 2 aliphatic rings. The molecular weight excluding hydrogens is 422 g/mol. The smallest absolute Gasteiger partial charge is 0.343 e. The van der Waals surface area contributed by atoms with E-state index in [0.29, 0.717) is 36.3 Å². The summed E-state index contributed by atoms with van der Waals surface area (Å²) in [7, 11) is 7.17. The Morgan fingerprint density at radius 1 is 1.21 bits per heavy atom. The summed E-state index contributed by atoms with van der Waals surface area (Å²) in [4.78, 5) is 33.2. The fraction of sp³-hybridized carbons (Fsp3) is 0.400. The predicted molar refractivity (Wildman–Crippen MR) is 123 cm³/mol. The minimum absolute atomic E-state index is 0.0473. The second-order valence-electron chi connectivity index (χ2n) is 8.82. The Labute approximate surface area is 191 Å². The quantitative estimate of drug-likeness (QED) is 0.433. The van der Waals surface area contributed by atoms with Crippen molar-refractivity contribution < 1.29 is 19.0 Å². The standard InChI is InChI=1S/C25H27N3O5/c1-6-25(32-5)18-10-20-22-14(11-28(20)23(29)17(18)13-33-24(25)30)9-15-16(12-27(2)3)21(31-4)8-7-19(15)26-22/h7-10H,6,11-13H2,1-5H3/t25-/m0/s1. The largest absolute Gasteiger partial charge is 0.496 e. The molecule has 0 amide bonds. The molecule has 33 heavy (non-hydrogen) atoms. The van der Waals surface area contributed by atoms with Crippen LogP contribution >= 0.6 is 0 Å². The van der Waals surface area contributed by atoms with Crippen LogP contribution in [-0.4, -0.2) is 48.7 Å². The third kappa shape index (κ3) is 3.01. The third-order valence-electron chi connectivity index (χ3n) is 6.77. The minimum atomic E-state index is -1.28. The number of methoxy groups -OCH3 is 2. The summed E-state index contributed by atoms with van der Waals surface area (Å²) >= 11 is 0. The number of carbonyl (C=O) groups excluding carboxylic acids is 1. The number of cyclic esters (lactones) is 1. The van der Waals surface area contributed by atoms with Gasteiger partial charge in [-0.1, -0.05) is 6.92 Å². The number of ether oxygens (including phenoxy) is 3. The van der Waals surface area contributed by atoms with Gasteiger partial charge >= 0.3 is 5.97 Å². The van der Waals surface area contributed by atoms with Crippen LogP contribution in [0.1, 0.15) is 35.6 Å². The van der Waals surface area contributed by atoms with E-state index in [1.807, 2.05) is 39.2 Å². The van der Waals surface area contributed by atoms with Gasteiger partial charge in [-0.15, -0.1) is 0 Å². The number of benzene rings is 1. The Morgan fingerprint density at radius 3 is 2.67 bits per heavy atom. The number of fused-ring (bicyclic) bond motifs is 5. The zero-order valence-corrected chi connectivity index (χ0v) is 19.5. The monoisotopic (exact) mass is 449 g/mol. The van der Waals surface area contributed by atoms with Crippen LogP contribution in [0.3, 0.4) is 0 Å². The first-order valence-corrected chi connectivity index (χ1v) is 11.0. The molecule has 0 aliphatic carbocycles. The summed E-state index contributed by atoms with van der Waals surface area (Å²) in [6.07, 6.45) is 0.365. The van der Waals surface area contributed by atoms with Crippen LogP contribution in [0.2, 0.25) is 0 Å². The predicted octanol–water partition coefficient (Wildman–Crippen LogP) is 2.80. The Hall–Kier alpha value is -3.23. The molecule has 172 valence electrons. The molecule has 1 aromatic carbocycles. The van der Waals surface area contributed by atoms with Crippen molar-refractivity contribution in [1.82, 2.24) is 14.5 Å². The van der Waals surface area contributed by atoms with E-state index in [1.165, 1.54) is 7.11 Å². The van der Waals surface area contributed by atoms with E-state index in [1.54, 1.807) is 11.7 Å². The number of rotatable bonds is 5. The average molecular weight is 450 g/mol. The van der Waals surface area contributed by atoms with Gasteiger partial charge in [0.15, 0.2) is 5.60 Å². The fourth-order valence-corrected chi connectivity index (χ4v) is 5.09. The van der Waals surface area contributed by atoms with Gasteiger partial charge in [0, 0.05) is 35.7 Å². The molecule has 0 spiro atoms. The van der Waals surface area contributed by atoms with Crippen LogP contribution in [0, 0.1) is 0 Å². The van der Waals surface area contributed by atoms with Crippen LogP contribution in [0.5, 0.6) is 5.75 Å². The molecule has 5 rings (SSSR count). The van der Waals surface area contributed by atoms with Crippen LogP contribution in [0.4, 0.5) is 0 Å². The highest BCUT2D eigenvalue weighted by molar-refractivity contribution is 5.89. The zero-order chi connectivity index (χ0) is 23.5. The number of hydrogen-bond acceptors (Lipinski definition) is 7. The Bertz CT molecular complexity index is 1350. The minimum Gasteiger partial charge on any atom is -0.496 e. The normalized spacial score (nSPS) is 18.8. The first-order valence-electron chi connectivity index (χ1n) is 11.0. The molecule has 0 fully saturated rings. The van der Waals surface area contributed by atoms with E-state index >= 15 is 0 Å². The SMILES string of the molecule is CC[C@@]1(OC)C(=O)OCc2c1cc1n(c2=O)Cc2cc3c(CN(C)C)c(OC)ccc3nc2-1. The highest BCUT2D eigenvalue weighted by atomic mass is 16.6. The number of nitrogens with zero attached hydrogens (tertiary/aromatic N) is 3. The number of carbonyl (C=O) groups is 1. The van der Waals surface area contributed by atoms with Crippen LogP contribution in [0.15, 0.2) is 29.1 Å². The molecule has 2 aliphatic heterocycles. The lowest BCUT2D eigenvalue weighted by molar-refractivity contribution is -0.176. The number of pyridine rings is 2. The van der Waals surface area contributed by atoms with Crippen molar-refractivity contribution in [3.8, 4) is 17.1 Å². The van der Waals surface area contributed by atoms with Crippen LogP contribution < -0.4 is 10.3 Å². The van der Waals surface area contributed by atoms with E-state index in [9.17, 15) is 9.59 Å². The molecule has 4 heterocycles. The average Bonchev–Trinajstić information content (AvgIpc) is 3.16. The number of esters is 1. The summed E-state index contributed by atoms with van der Waals surface area (Å²) in [5, 5.41) is 1.01. The van der Waals surface area contributed by atoms with Gasteiger partial charge in [0.05, 0.1) is 36.1 Å². The lowest BCUT2D eigenvalue weighted by Crippen LogP contribution is -2.45. The lowest BCUT2D eigenvalue weighted by Gasteiger charge is -2.35. The van der Waals surface area contributed by atoms with Crippen LogP contribution in [0.25, 0.3) is 22.3 Å². The summed E-state index contributed by atoms with van der Waals surface area (Å²) in [6, 6.07) is 7.86. The number of aromatic nitrogens is 2. The molecule has 0 saturated heterocycles. The summed E-state index contributed by atoms with van der Waals surface area (Å²) < 4.78 is 18.3. The van der Waals surface area contributed by atoms with Gasteiger partial charge in [-0.25, -0.2) is 9.78 Å². The highest BCUT2D eigenvalue weighted by Gasteiger charge is 2.47. The topological polar surface area (TPSA) is 82.9 Å². The first kappa shape index (κ1) is 21.6. The molecule has 8 heteroatoms. The van der Waals surface area contributed by atoms with Gasteiger partial charge in [-0.05, 0) is 44.8 Å². The van der Waals surface area contributed by atoms with Gasteiger partial charge in [0.25, 0.3) is 5.56 Å². The van der Waals surface area contributed by atoms with Crippen molar-refractivity contribution in [1.29, 1.82) is 0 Å². The molecule has 0 unspecified atom stereocenters. The third-order valence-corrected chi connectivity index (χ3v) is 6.77. The Morgan fingerprint density at radius 2 is 2.00 bits per heavy atom. The fourth-order valence-electron chi connectivity index (χ4n) is 5.09. The van der Waals surface area contributed by atoms with E-state index in [0.717, 1.165) is 33.5 Å². The maximum atomic E-state index is 13.5. The van der Waals surface area contributed by atoms with Crippen molar-refractivity contribution >= 4 is 16.9 Å². The van der Waals surface area contributed by atoms with Crippen molar-refractivity contribution in [3.05, 3.63) is 56.9 Å². The molecule has 0 radical (unpaired) electrons. The van der Waals surface area contributed by atoms with Crippen molar-refractivity contribution in [2.75, 3.05) is 28.3 Å². The lowest BCUT2D eigenvalue weighted by atomic mass is 9.85. The number of hydrogen-bond donors (Lipinski definition) is 0. The maximum absolute atomic E-state index is 13.5. The molecule has 8 nitrogen and oxygen atoms in total. The van der Waals surface area contributed by atoms with E-state index in [2.05, 4.69) is 11.0 Å². The first-order chi connectivity index (χ1) is 15.8. The van der Waals surface area contributed by atoms with Gasteiger partial charge in [0.2, 0.25) is 0 Å². The summed E-state index contributed by atoms with van der Waals surface area (Å²) in [5.74, 6) is 0.346. The van der Waals surface area contributed by atoms with E-state index in [-0.39, 0.29) is 12.2 Å². The zero-order valence-electron chi connectivity index (χ0n) is 19.5. The van der Waals surface area contributed by atoms with E-state index < -0.39 is 11.6 Å². The molecule has 0 saturated carbocycles. The summed E-state index contributed by atoms with van der Waals surface area (Å²) in [5.41, 5.74) is 3.90. The van der Waals surface area contributed by atoms with Gasteiger partial charge in [-0.2, -0.15) is 0 Å². The molecule has 2 aromatic heterocycles. The van der Waals surface area contributed by atoms with E-state index in [4.69, 9.17) is 19.2 Å². The molecule has 1 atom stereocenters. The maximum Gasteiger partial charge on any atom is 0.343 e. The Kier molecular flexibility index (Phi) is 5.02. The second kappa shape index (κ2) is 7.67. The molecule has 3 aromatic rings. The molecule has 0 N–H and O–H groups in total. The van der Waals surface area contributed by atoms with Crippen molar-refractivity contribution in [3.63, 3.8) is 0 Å². The second-order valence-corrected chi connectivity index (χ2v) is 8.82. The highest BCUT2D eigenvalue weighted by Crippen LogP contribution is 2.41. The van der Waals surface area contributed by atoms with Gasteiger partial charge in [-0.3, -0.25) is 4.79 Å². The van der Waals surface area contributed by atoms with Gasteiger partial charge in [0.1, 0.15) is 12.4 Å². The van der Waals surface area contributed by atoms with Crippen molar-refractivity contribution in [2.45, 2.75) is 38.6 Å². The molecule has 0 bridgehead atoms. The van der Waals surface area contributed by atoms with Crippen molar-refractivity contribution in [2.24, 2.45) is 0 Å². The summed E-state index contributed by atoms with van der Waals surface area (Å²) in [6.45, 7) is 2.92. The van der Waals surface area contributed by atoms with Crippen LogP contribution in [-0.2, 0) is 39.6 Å². The van der Waals surface area contributed by atoms with Gasteiger partial charge < -0.3 is 23.7 Å².